The zero-order chi connectivity index (χ0) is 43.0. The largest absolute Gasteiger partial charge is 0.449 e. The zero-order valence-electron chi connectivity index (χ0n) is 36.2. The third kappa shape index (κ3) is 16.1. The maximum atomic E-state index is 12.6. The lowest BCUT2D eigenvalue weighted by molar-refractivity contribution is -0.0380. The maximum absolute atomic E-state index is 12.6. The van der Waals surface area contributed by atoms with Crippen molar-refractivity contribution in [2.45, 2.75) is 52.1 Å². The smallest absolute Gasteiger partial charge is 0.339 e. The molecule has 0 aromatic heterocycles. The van der Waals surface area contributed by atoms with Gasteiger partial charge in [-0.2, -0.15) is 0 Å². The van der Waals surface area contributed by atoms with Gasteiger partial charge in [0, 0.05) is 36.0 Å². The summed E-state index contributed by atoms with van der Waals surface area (Å²) in [7, 11) is 2.17. The summed E-state index contributed by atoms with van der Waals surface area (Å²) in [6, 6.07) is 50.2. The highest BCUT2D eigenvalue weighted by atomic mass is 16.5. The molecule has 324 valence electrons. The van der Waals surface area contributed by atoms with Crippen molar-refractivity contribution < 1.29 is 28.5 Å². The van der Waals surface area contributed by atoms with Gasteiger partial charge in [-0.25, -0.2) is 4.79 Å². The molecular weight excluding hydrogens is 773 g/mol. The van der Waals surface area contributed by atoms with E-state index in [4.69, 9.17) is 23.7 Å². The van der Waals surface area contributed by atoms with Gasteiger partial charge in [-0.1, -0.05) is 157 Å². The Hall–Kier alpha value is -5.53. The molecule has 5 aromatic carbocycles. The number of rotatable bonds is 24. The van der Waals surface area contributed by atoms with Crippen molar-refractivity contribution in [2.24, 2.45) is 10.8 Å². The molecule has 8 nitrogen and oxygen atoms in total. The molecule has 0 unspecified atom stereocenters. The SMILES string of the molecule is CN(CCC(CC#CCOC(=O)c1ccccc1)(COCc1ccccc1)COCc1ccccc1)CC1=CCC(COCc2ccccc2)(COCc2ccccc2)CCN1. The Labute approximate surface area is 369 Å². The van der Waals surface area contributed by atoms with Gasteiger partial charge < -0.3 is 33.9 Å². The summed E-state index contributed by atoms with van der Waals surface area (Å²) in [6.45, 7) is 6.65. The molecule has 6 rings (SSSR count). The number of carbonyl (C=O) groups is 1. The Kier molecular flexibility index (Phi) is 18.9. The van der Waals surface area contributed by atoms with Crippen LogP contribution in [0.3, 0.4) is 0 Å². The molecule has 0 amide bonds. The third-order valence-corrected chi connectivity index (χ3v) is 11.2. The van der Waals surface area contributed by atoms with E-state index in [2.05, 4.69) is 108 Å². The van der Waals surface area contributed by atoms with Crippen LogP contribution in [0, 0.1) is 22.7 Å². The Morgan fingerprint density at radius 1 is 0.645 bits per heavy atom. The number of esters is 1. The lowest BCUT2D eigenvalue weighted by atomic mass is 9.82. The second-order valence-corrected chi connectivity index (χ2v) is 16.5. The van der Waals surface area contributed by atoms with Gasteiger partial charge in [0.05, 0.1) is 58.4 Å². The van der Waals surface area contributed by atoms with Crippen LogP contribution in [-0.2, 0) is 50.1 Å². The van der Waals surface area contributed by atoms with Crippen LogP contribution in [0.25, 0.3) is 0 Å². The fraction of sp³-hybridized carbons (Fsp3) is 0.352. The Morgan fingerprint density at radius 2 is 1.11 bits per heavy atom. The molecule has 5 aromatic rings. The second kappa shape index (κ2) is 25.4. The normalized spacial score (nSPS) is 13.6. The molecule has 0 radical (unpaired) electrons. The number of allylic oxidation sites excluding steroid dienone is 1. The monoisotopic (exact) mass is 834 g/mol. The molecule has 0 spiro atoms. The summed E-state index contributed by atoms with van der Waals surface area (Å²) in [5, 5.41) is 3.75. The summed E-state index contributed by atoms with van der Waals surface area (Å²) < 4.78 is 31.3. The van der Waals surface area contributed by atoms with Crippen molar-refractivity contribution in [2.75, 3.05) is 59.7 Å². The molecule has 0 atom stereocenters. The van der Waals surface area contributed by atoms with Crippen LogP contribution < -0.4 is 5.32 Å². The summed E-state index contributed by atoms with van der Waals surface area (Å²) >= 11 is 0. The molecule has 8 heteroatoms. The molecule has 0 saturated heterocycles. The topological polar surface area (TPSA) is 78.5 Å². The Bertz CT molecular complexity index is 2010. The van der Waals surface area contributed by atoms with Crippen molar-refractivity contribution in [3.63, 3.8) is 0 Å². The van der Waals surface area contributed by atoms with E-state index in [1.54, 1.807) is 12.1 Å². The number of ether oxygens (including phenoxy) is 5. The van der Waals surface area contributed by atoms with Crippen LogP contribution in [-0.4, -0.2) is 70.6 Å². The van der Waals surface area contributed by atoms with E-state index in [1.807, 2.05) is 66.7 Å². The summed E-state index contributed by atoms with van der Waals surface area (Å²) in [6.07, 6.45) is 5.43. The lowest BCUT2D eigenvalue weighted by Crippen LogP contribution is -2.37. The van der Waals surface area contributed by atoms with E-state index in [9.17, 15) is 4.79 Å². The van der Waals surface area contributed by atoms with Crippen LogP contribution in [0.1, 0.15) is 58.3 Å². The van der Waals surface area contributed by atoms with E-state index < -0.39 is 5.41 Å². The predicted octanol–water partition coefficient (Wildman–Crippen LogP) is 9.67. The quantitative estimate of drug-likeness (QED) is 0.0487. The minimum absolute atomic E-state index is 0.00929. The van der Waals surface area contributed by atoms with Gasteiger partial charge >= 0.3 is 5.97 Å². The molecule has 62 heavy (non-hydrogen) atoms. The number of likely N-dealkylation sites (N-methyl/N-ethyl adjacent to an activating group) is 1. The highest BCUT2D eigenvalue weighted by Gasteiger charge is 2.33. The maximum Gasteiger partial charge on any atom is 0.339 e. The predicted molar refractivity (Wildman–Crippen MR) is 246 cm³/mol. The first-order valence-electron chi connectivity index (χ1n) is 21.7. The molecule has 0 aliphatic carbocycles. The molecule has 0 bridgehead atoms. The van der Waals surface area contributed by atoms with Crippen molar-refractivity contribution in [1.82, 2.24) is 10.2 Å². The van der Waals surface area contributed by atoms with Crippen molar-refractivity contribution in [1.29, 1.82) is 0 Å². The zero-order valence-corrected chi connectivity index (χ0v) is 36.2. The number of nitrogens with one attached hydrogen (secondary N) is 1. The average Bonchev–Trinajstić information content (AvgIpc) is 3.51. The van der Waals surface area contributed by atoms with E-state index >= 15 is 0 Å². The number of nitrogens with zero attached hydrogens (tertiary/aromatic N) is 1. The molecule has 1 N–H and O–H groups in total. The number of hydrogen-bond donors (Lipinski definition) is 1. The van der Waals surface area contributed by atoms with Gasteiger partial charge in [-0.05, 0) is 67.2 Å². The van der Waals surface area contributed by atoms with Gasteiger partial charge in [0.1, 0.15) is 0 Å². The van der Waals surface area contributed by atoms with Crippen LogP contribution in [0.2, 0.25) is 0 Å². The third-order valence-electron chi connectivity index (χ3n) is 11.2. The van der Waals surface area contributed by atoms with E-state index in [0.29, 0.717) is 64.8 Å². The minimum Gasteiger partial charge on any atom is -0.449 e. The number of hydrogen-bond acceptors (Lipinski definition) is 8. The van der Waals surface area contributed by atoms with E-state index in [1.165, 1.54) is 16.8 Å². The van der Waals surface area contributed by atoms with Gasteiger partial charge in [0.2, 0.25) is 0 Å². The van der Waals surface area contributed by atoms with Gasteiger partial charge in [-0.3, -0.25) is 0 Å². The molecule has 1 aliphatic heterocycles. The number of benzene rings is 5. The Balaban J connectivity index is 1.12. The van der Waals surface area contributed by atoms with Gasteiger partial charge in [-0.15, -0.1) is 0 Å². The fourth-order valence-electron chi connectivity index (χ4n) is 7.50. The molecule has 1 aliphatic rings. The number of carbonyl (C=O) groups excluding carboxylic acids is 1. The summed E-state index contributed by atoms with van der Waals surface area (Å²) in [5.74, 6) is 6.08. The van der Waals surface area contributed by atoms with Crippen molar-refractivity contribution in [3.8, 4) is 11.8 Å². The molecule has 1 heterocycles. The first-order valence-corrected chi connectivity index (χ1v) is 21.7. The Morgan fingerprint density at radius 3 is 1.61 bits per heavy atom. The van der Waals surface area contributed by atoms with Gasteiger partial charge in [0.25, 0.3) is 0 Å². The van der Waals surface area contributed by atoms with Crippen LogP contribution in [0.15, 0.2) is 163 Å². The highest BCUT2D eigenvalue weighted by molar-refractivity contribution is 5.89. The standard InChI is InChI=1S/C54H62N2O6/c1-56(37-51-29-31-54(32-34-55-51,44-60-40-48-23-11-4-12-24-48)45-61-41-49-25-13-5-14-26-49)35-33-53(42-58-38-46-19-7-2-8-20-46,43-59-39-47-21-9-3-10-22-47)30-17-18-36-62-52(57)50-27-15-6-16-28-50/h2-16,19-29,55H,30-45H2,1H3. The fourth-order valence-corrected chi connectivity index (χ4v) is 7.50. The van der Waals surface area contributed by atoms with Crippen LogP contribution >= 0.6 is 0 Å². The molecule has 0 saturated carbocycles. The average molecular weight is 835 g/mol. The molecular formula is C54H62N2O6. The molecule has 0 fully saturated rings. The highest BCUT2D eigenvalue weighted by Crippen LogP contribution is 2.33. The van der Waals surface area contributed by atoms with Crippen molar-refractivity contribution >= 4 is 5.97 Å². The first-order chi connectivity index (χ1) is 30.5. The first kappa shape index (κ1) is 46.0. The van der Waals surface area contributed by atoms with Gasteiger partial charge in [0.15, 0.2) is 6.61 Å². The minimum atomic E-state index is -0.430. The van der Waals surface area contributed by atoms with Crippen LogP contribution in [0.4, 0.5) is 0 Å². The summed E-state index contributed by atoms with van der Waals surface area (Å²) in [5.41, 5.74) is 5.68. The second-order valence-electron chi connectivity index (χ2n) is 16.5. The van der Waals surface area contributed by atoms with Crippen LogP contribution in [0.5, 0.6) is 0 Å². The lowest BCUT2D eigenvalue weighted by Gasteiger charge is -2.34. The van der Waals surface area contributed by atoms with E-state index in [0.717, 1.165) is 50.0 Å². The van der Waals surface area contributed by atoms with Crippen molar-refractivity contribution in [3.05, 3.63) is 191 Å². The van der Waals surface area contributed by atoms with E-state index in [-0.39, 0.29) is 18.0 Å². The summed E-state index contributed by atoms with van der Waals surface area (Å²) in [4.78, 5) is 15.0.